The summed E-state index contributed by atoms with van der Waals surface area (Å²) in [6, 6.07) is 18.9. The van der Waals surface area contributed by atoms with E-state index in [0.717, 1.165) is 85.7 Å². The molecule has 15 nitrogen and oxygen atoms in total. The number of anilines is 2. The van der Waals surface area contributed by atoms with Crippen molar-refractivity contribution in [3.63, 3.8) is 0 Å². The molecule has 0 saturated carbocycles. The summed E-state index contributed by atoms with van der Waals surface area (Å²) >= 11 is 0. The number of likely N-dealkylation sites (tertiary alicyclic amines) is 2. The SMILES string of the molecule is Cc1cc(-c2ccncc2N2CC3CC(C2)N(C(=O)OC(C)(C)C)C3)ccc1CN.Cc1cc(-c2ccncc2N2CC3CC(C2)N(C(=O)OC(C)(C)C)C3)ccc1CNC(=O)c1cc(C(C)(C)C)on1. The Morgan fingerprint density at radius 3 is 1.56 bits per heavy atom. The van der Waals surface area contributed by atoms with E-state index < -0.39 is 11.2 Å². The molecule has 4 aliphatic rings. The molecule has 2 aromatic carbocycles. The number of nitrogens with one attached hydrogen (secondary N) is 1. The number of benzene rings is 2. The van der Waals surface area contributed by atoms with Gasteiger partial charge in [0.05, 0.1) is 35.9 Å². The van der Waals surface area contributed by atoms with Gasteiger partial charge in [-0.25, -0.2) is 9.59 Å². The smallest absolute Gasteiger partial charge is 0.410 e. The van der Waals surface area contributed by atoms with Crippen molar-refractivity contribution in [3.05, 3.63) is 113 Å². The summed E-state index contributed by atoms with van der Waals surface area (Å²) in [5.74, 6) is 1.26. The monoisotopic (exact) mass is 968 g/mol. The third-order valence-corrected chi connectivity index (χ3v) is 13.8. The van der Waals surface area contributed by atoms with Gasteiger partial charge in [-0.05, 0) is 126 Å². The van der Waals surface area contributed by atoms with Gasteiger partial charge in [-0.1, -0.05) is 62.3 Å². The molecule has 4 unspecified atom stereocenters. The Morgan fingerprint density at radius 1 is 0.662 bits per heavy atom. The Kier molecular flexibility index (Phi) is 14.6. The molecule has 378 valence electrons. The number of carbonyl (C=O) groups is 3. The Labute approximate surface area is 419 Å². The molecule has 4 aliphatic heterocycles. The highest BCUT2D eigenvalue weighted by Gasteiger charge is 2.44. The number of piperidine rings is 2. The number of aromatic nitrogens is 3. The van der Waals surface area contributed by atoms with Gasteiger partial charge in [0, 0.05) is 87.4 Å². The normalized spacial score (nSPS) is 19.8. The zero-order valence-electron chi connectivity index (χ0n) is 43.5. The van der Waals surface area contributed by atoms with Gasteiger partial charge < -0.3 is 44.6 Å². The number of ether oxygens (including phenoxy) is 2. The van der Waals surface area contributed by atoms with Crippen LogP contribution in [0.3, 0.4) is 0 Å². The molecule has 0 radical (unpaired) electrons. The summed E-state index contributed by atoms with van der Waals surface area (Å²) in [4.78, 5) is 55.7. The highest BCUT2D eigenvalue weighted by atomic mass is 16.6. The molecule has 3 N–H and O–H groups in total. The Hall–Kier alpha value is -6.48. The molecule has 4 fully saturated rings. The highest BCUT2D eigenvalue weighted by molar-refractivity contribution is 5.92. The van der Waals surface area contributed by atoms with E-state index in [2.05, 4.69) is 86.6 Å². The summed E-state index contributed by atoms with van der Waals surface area (Å²) in [6.45, 7) is 27.4. The lowest BCUT2D eigenvalue weighted by atomic mass is 9.93. The van der Waals surface area contributed by atoms with Crippen LogP contribution >= 0.6 is 0 Å². The Bertz CT molecular complexity index is 2730. The maximum absolute atomic E-state index is 12.9. The van der Waals surface area contributed by atoms with E-state index in [4.69, 9.17) is 19.7 Å². The molecule has 0 spiro atoms. The molecule has 4 bridgehead atoms. The van der Waals surface area contributed by atoms with E-state index in [1.54, 1.807) is 6.07 Å². The molecule has 71 heavy (non-hydrogen) atoms. The average Bonchev–Trinajstić information content (AvgIpc) is 4.02. The van der Waals surface area contributed by atoms with Gasteiger partial charge in [0.15, 0.2) is 5.69 Å². The molecular formula is C56H73N9O6. The van der Waals surface area contributed by atoms with Crippen molar-refractivity contribution in [3.8, 4) is 22.3 Å². The Morgan fingerprint density at radius 2 is 1.14 bits per heavy atom. The fraction of sp³-hybridized carbons (Fsp3) is 0.500. The molecule has 3 aromatic heterocycles. The van der Waals surface area contributed by atoms with Crippen molar-refractivity contribution in [2.24, 2.45) is 17.6 Å². The maximum atomic E-state index is 12.9. The number of amides is 3. The summed E-state index contributed by atoms with van der Waals surface area (Å²) < 4.78 is 16.7. The molecule has 0 aliphatic carbocycles. The number of rotatable bonds is 8. The topological polar surface area (TPSA) is 172 Å². The summed E-state index contributed by atoms with van der Waals surface area (Å²) in [5, 5.41) is 6.91. The van der Waals surface area contributed by atoms with Gasteiger partial charge in [0.25, 0.3) is 5.91 Å². The van der Waals surface area contributed by atoms with Crippen molar-refractivity contribution in [1.82, 2.24) is 30.2 Å². The second kappa shape index (κ2) is 20.3. The first-order valence-corrected chi connectivity index (χ1v) is 25.1. The lowest BCUT2D eigenvalue weighted by Gasteiger charge is -2.35. The minimum Gasteiger partial charge on any atom is -0.444 e. The van der Waals surface area contributed by atoms with Crippen molar-refractivity contribution < 1.29 is 28.4 Å². The fourth-order valence-corrected chi connectivity index (χ4v) is 10.3. The summed E-state index contributed by atoms with van der Waals surface area (Å²) in [7, 11) is 0. The standard InChI is InChI=1S/C32H41N5O4.C24H32N4O2/c1-20-12-22(8-9-23(20)15-34-29(38)26-14-28(41-35-26)31(2,3)4)25-10-11-33-16-27(25)36-17-21-13-24(19-36)37(18-21)30(39)40-32(5,6)7;1-16-9-18(5-6-19(16)11-25)21-7-8-26-12-22(21)27-13-17-10-20(15-27)28(14-17)23(29)30-24(2,3)4/h8-12,14,16,21,24H,13,15,17-19H2,1-7H3,(H,34,38);5-9,12,17,20H,10-11,13-15,25H2,1-4H3. The fourth-order valence-electron chi connectivity index (χ4n) is 10.3. The largest absolute Gasteiger partial charge is 0.444 e. The summed E-state index contributed by atoms with van der Waals surface area (Å²) in [6.07, 6.45) is 9.14. The minimum absolute atomic E-state index is 0.119. The van der Waals surface area contributed by atoms with Crippen LogP contribution in [-0.2, 0) is 28.0 Å². The second-order valence-corrected chi connectivity index (χ2v) is 22.9. The van der Waals surface area contributed by atoms with Crippen LogP contribution in [0.1, 0.15) is 114 Å². The van der Waals surface area contributed by atoms with Crippen LogP contribution in [0.2, 0.25) is 0 Å². The van der Waals surface area contributed by atoms with Gasteiger partial charge >= 0.3 is 12.2 Å². The number of nitrogens with zero attached hydrogens (tertiary/aromatic N) is 7. The van der Waals surface area contributed by atoms with Crippen LogP contribution < -0.4 is 20.9 Å². The molecule has 3 amide bonds. The molecule has 4 saturated heterocycles. The zero-order valence-corrected chi connectivity index (χ0v) is 43.5. The van der Waals surface area contributed by atoms with E-state index in [9.17, 15) is 14.4 Å². The van der Waals surface area contributed by atoms with Crippen molar-refractivity contribution in [2.75, 3.05) is 49.1 Å². The van der Waals surface area contributed by atoms with E-state index in [1.165, 1.54) is 22.3 Å². The predicted octanol–water partition coefficient (Wildman–Crippen LogP) is 9.68. The number of hydrogen-bond donors (Lipinski definition) is 2. The average molecular weight is 968 g/mol. The number of carbonyl (C=O) groups excluding carboxylic acids is 3. The third-order valence-electron chi connectivity index (χ3n) is 13.8. The van der Waals surface area contributed by atoms with Gasteiger partial charge in [0.2, 0.25) is 0 Å². The first kappa shape index (κ1) is 50.9. The minimum atomic E-state index is -0.511. The second-order valence-electron chi connectivity index (χ2n) is 22.9. The maximum Gasteiger partial charge on any atom is 0.410 e. The molecule has 7 heterocycles. The van der Waals surface area contributed by atoms with Crippen LogP contribution in [0, 0.1) is 25.7 Å². The number of hydrogen-bond acceptors (Lipinski definition) is 12. The highest BCUT2D eigenvalue weighted by Crippen LogP contribution is 2.40. The number of fused-ring (bicyclic) bond motifs is 4. The number of nitrogens with two attached hydrogens (primary N) is 1. The van der Waals surface area contributed by atoms with Crippen molar-refractivity contribution >= 4 is 29.5 Å². The van der Waals surface area contributed by atoms with Crippen LogP contribution in [0.15, 0.2) is 83.9 Å². The predicted molar refractivity (Wildman–Crippen MR) is 277 cm³/mol. The quantitative estimate of drug-likeness (QED) is 0.151. The number of pyridine rings is 2. The van der Waals surface area contributed by atoms with E-state index >= 15 is 0 Å². The molecule has 5 aromatic rings. The molecular weight excluding hydrogens is 895 g/mol. The van der Waals surface area contributed by atoms with Crippen LogP contribution in [0.4, 0.5) is 21.0 Å². The van der Waals surface area contributed by atoms with Crippen LogP contribution in [0.5, 0.6) is 0 Å². The van der Waals surface area contributed by atoms with Crippen molar-refractivity contribution in [1.29, 1.82) is 0 Å². The van der Waals surface area contributed by atoms with Crippen LogP contribution in [-0.4, -0.2) is 106 Å². The van der Waals surface area contributed by atoms with E-state index in [1.807, 2.05) is 103 Å². The Balaban J connectivity index is 0.000000200. The van der Waals surface area contributed by atoms with Gasteiger partial charge in [0.1, 0.15) is 17.0 Å². The van der Waals surface area contributed by atoms with E-state index in [0.29, 0.717) is 30.7 Å². The first-order valence-electron chi connectivity index (χ1n) is 25.1. The van der Waals surface area contributed by atoms with Gasteiger partial charge in [-0.3, -0.25) is 14.8 Å². The third kappa shape index (κ3) is 12.0. The molecule has 9 rings (SSSR count). The zero-order chi connectivity index (χ0) is 51.0. The first-order chi connectivity index (χ1) is 33.5. The van der Waals surface area contributed by atoms with Crippen LogP contribution in [0.25, 0.3) is 22.3 Å². The van der Waals surface area contributed by atoms with Gasteiger partial charge in [-0.2, -0.15) is 0 Å². The van der Waals surface area contributed by atoms with E-state index in [-0.39, 0.29) is 41.3 Å². The lowest BCUT2D eigenvalue weighted by molar-refractivity contribution is 0.0222. The molecule has 15 heteroatoms. The number of aryl methyl sites for hydroxylation is 2. The summed E-state index contributed by atoms with van der Waals surface area (Å²) in [5.41, 5.74) is 16.1. The molecule has 4 atom stereocenters. The lowest BCUT2D eigenvalue weighted by Crippen LogP contribution is -2.45. The van der Waals surface area contributed by atoms with Gasteiger partial charge in [-0.15, -0.1) is 0 Å². The van der Waals surface area contributed by atoms with Crippen molar-refractivity contribution in [2.45, 2.75) is 131 Å².